The number of rotatable bonds is 4. The van der Waals surface area contributed by atoms with E-state index in [4.69, 9.17) is 9.84 Å². The number of aliphatic carboxylic acids is 1. The average Bonchev–Trinajstić information content (AvgIpc) is 1.94. The Balaban J connectivity index is 2.50. The Morgan fingerprint density at radius 2 is 2.23 bits per heavy atom. The molecule has 0 unspecified atom stereocenters. The van der Waals surface area contributed by atoms with E-state index in [1.54, 1.807) is 0 Å². The second kappa shape index (κ2) is 3.36. The van der Waals surface area contributed by atoms with Crippen LogP contribution in [0.2, 0.25) is 0 Å². The fourth-order valence-electron chi connectivity index (χ4n) is 1.33. The molecule has 1 saturated heterocycles. The van der Waals surface area contributed by atoms with E-state index in [9.17, 15) is 9.59 Å². The maximum atomic E-state index is 10.8. The predicted molar refractivity (Wildman–Crippen MR) is 45.1 cm³/mol. The first kappa shape index (κ1) is 10.0. The Hall–Kier alpha value is -1.06. The molecule has 1 fully saturated rings. The van der Waals surface area contributed by atoms with Crippen LogP contribution in [-0.2, 0) is 14.3 Å². The van der Waals surface area contributed by atoms with Crippen molar-refractivity contribution in [3.63, 3.8) is 0 Å². The number of hydrogen-bond acceptors (Lipinski definition) is 3. The lowest BCUT2D eigenvalue weighted by atomic mass is 9.86. The van der Waals surface area contributed by atoms with Crippen LogP contribution >= 0.6 is 0 Å². The van der Waals surface area contributed by atoms with Crippen molar-refractivity contribution in [1.29, 1.82) is 0 Å². The summed E-state index contributed by atoms with van der Waals surface area (Å²) in [5.74, 6) is -1.01. The van der Waals surface area contributed by atoms with Crippen molar-refractivity contribution < 1.29 is 19.4 Å². The van der Waals surface area contributed by atoms with Crippen molar-refractivity contribution in [3.05, 3.63) is 0 Å². The third-order valence-corrected chi connectivity index (χ3v) is 2.25. The minimum absolute atomic E-state index is 0.0229. The molecule has 0 aliphatic carbocycles. The van der Waals surface area contributed by atoms with Gasteiger partial charge in [0.25, 0.3) is 0 Å². The molecule has 1 aliphatic rings. The van der Waals surface area contributed by atoms with E-state index >= 15 is 0 Å². The van der Waals surface area contributed by atoms with Crippen LogP contribution < -0.4 is 0 Å². The first-order valence-corrected chi connectivity index (χ1v) is 4.41. The number of carbonyl (C=O) groups is 2. The highest BCUT2D eigenvalue weighted by Crippen LogP contribution is 2.33. The number of cyclic esters (lactones) is 1. The number of carboxylic acid groups (broad SMARTS) is 1. The first-order chi connectivity index (χ1) is 5.96. The Bertz CT molecular complexity index is 224. The van der Waals surface area contributed by atoms with Crippen molar-refractivity contribution in [2.75, 3.05) is 0 Å². The molecule has 74 valence electrons. The number of carbonyl (C=O) groups excluding carboxylic acids is 1. The fourth-order valence-corrected chi connectivity index (χ4v) is 1.33. The Morgan fingerprint density at radius 3 is 2.54 bits per heavy atom. The van der Waals surface area contributed by atoms with E-state index in [1.165, 1.54) is 0 Å². The highest BCUT2D eigenvalue weighted by Gasteiger charge is 2.52. The smallest absolute Gasteiger partial charge is 0.348 e. The molecule has 13 heavy (non-hydrogen) atoms. The van der Waals surface area contributed by atoms with Gasteiger partial charge in [-0.3, -0.25) is 4.79 Å². The van der Waals surface area contributed by atoms with Gasteiger partial charge in [-0.2, -0.15) is 0 Å². The molecule has 1 atom stereocenters. The van der Waals surface area contributed by atoms with Gasteiger partial charge in [-0.1, -0.05) is 13.8 Å². The van der Waals surface area contributed by atoms with Gasteiger partial charge in [-0.25, -0.2) is 4.79 Å². The third kappa shape index (κ3) is 1.99. The topological polar surface area (TPSA) is 63.6 Å². The summed E-state index contributed by atoms with van der Waals surface area (Å²) in [6.07, 6.45) is 1.21. The van der Waals surface area contributed by atoms with E-state index < -0.39 is 17.5 Å². The second-order valence-corrected chi connectivity index (χ2v) is 3.88. The zero-order chi connectivity index (χ0) is 10.1. The highest BCUT2D eigenvalue weighted by atomic mass is 16.6. The molecule has 4 heteroatoms. The zero-order valence-electron chi connectivity index (χ0n) is 7.87. The minimum Gasteiger partial charge on any atom is -0.478 e. The number of esters is 1. The SMILES string of the molecule is CC(C)CC[C@]1(C(=O)O)CC(=O)O1. The van der Waals surface area contributed by atoms with Gasteiger partial charge in [0.05, 0.1) is 6.42 Å². The Labute approximate surface area is 76.9 Å². The quantitative estimate of drug-likeness (QED) is 0.670. The predicted octanol–water partition coefficient (Wildman–Crippen LogP) is 1.19. The van der Waals surface area contributed by atoms with Gasteiger partial charge in [0.15, 0.2) is 0 Å². The number of ether oxygens (including phenoxy) is 1. The van der Waals surface area contributed by atoms with Crippen LogP contribution in [0.4, 0.5) is 0 Å². The summed E-state index contributed by atoms with van der Waals surface area (Å²) in [4.78, 5) is 21.4. The highest BCUT2D eigenvalue weighted by molar-refractivity contribution is 5.92. The lowest BCUT2D eigenvalue weighted by Crippen LogP contribution is -2.53. The molecular formula is C9H14O4. The molecule has 1 rings (SSSR count). The summed E-state index contributed by atoms with van der Waals surface area (Å²) in [6.45, 7) is 4.02. The molecule has 0 saturated carbocycles. The molecule has 0 radical (unpaired) electrons. The van der Waals surface area contributed by atoms with Crippen molar-refractivity contribution in [2.24, 2.45) is 5.92 Å². The molecule has 0 aromatic carbocycles. The fraction of sp³-hybridized carbons (Fsp3) is 0.778. The summed E-state index contributed by atoms with van der Waals surface area (Å²) < 4.78 is 4.70. The van der Waals surface area contributed by atoms with Crippen molar-refractivity contribution >= 4 is 11.9 Å². The van der Waals surface area contributed by atoms with E-state index in [0.717, 1.165) is 6.42 Å². The molecule has 0 aromatic rings. The van der Waals surface area contributed by atoms with Crippen LogP contribution in [0.5, 0.6) is 0 Å². The van der Waals surface area contributed by atoms with Gasteiger partial charge >= 0.3 is 11.9 Å². The van der Waals surface area contributed by atoms with E-state index in [0.29, 0.717) is 12.3 Å². The third-order valence-electron chi connectivity index (χ3n) is 2.25. The van der Waals surface area contributed by atoms with Gasteiger partial charge in [-0.05, 0) is 18.8 Å². The van der Waals surface area contributed by atoms with Crippen LogP contribution in [0.1, 0.15) is 33.1 Å². The van der Waals surface area contributed by atoms with Crippen LogP contribution in [-0.4, -0.2) is 22.6 Å². The molecule has 4 nitrogen and oxygen atoms in total. The first-order valence-electron chi connectivity index (χ1n) is 4.41. The summed E-state index contributed by atoms with van der Waals surface area (Å²) in [6, 6.07) is 0. The van der Waals surface area contributed by atoms with Crippen molar-refractivity contribution in [3.8, 4) is 0 Å². The van der Waals surface area contributed by atoms with Gasteiger partial charge in [0, 0.05) is 0 Å². The molecule has 1 aliphatic heterocycles. The van der Waals surface area contributed by atoms with E-state index in [1.807, 2.05) is 13.8 Å². The lowest BCUT2D eigenvalue weighted by Gasteiger charge is -2.36. The molecular weight excluding hydrogens is 172 g/mol. The second-order valence-electron chi connectivity index (χ2n) is 3.88. The molecule has 0 spiro atoms. The monoisotopic (exact) mass is 186 g/mol. The van der Waals surface area contributed by atoms with Crippen molar-refractivity contribution in [1.82, 2.24) is 0 Å². The lowest BCUT2D eigenvalue weighted by molar-refractivity contribution is -0.206. The summed E-state index contributed by atoms with van der Waals surface area (Å²) in [7, 11) is 0. The van der Waals surface area contributed by atoms with Gasteiger partial charge in [0.2, 0.25) is 5.60 Å². The number of carboxylic acids is 1. The molecule has 0 aromatic heterocycles. The van der Waals surface area contributed by atoms with Gasteiger partial charge in [-0.15, -0.1) is 0 Å². The van der Waals surface area contributed by atoms with Crippen LogP contribution in [0, 0.1) is 5.92 Å². The molecule has 0 bridgehead atoms. The maximum Gasteiger partial charge on any atom is 0.348 e. The van der Waals surface area contributed by atoms with E-state index in [-0.39, 0.29) is 6.42 Å². The summed E-state index contributed by atoms with van der Waals surface area (Å²) in [5.41, 5.74) is -1.21. The van der Waals surface area contributed by atoms with Gasteiger partial charge in [0.1, 0.15) is 0 Å². The maximum absolute atomic E-state index is 10.8. The Kier molecular flexibility index (Phi) is 2.59. The van der Waals surface area contributed by atoms with Crippen molar-refractivity contribution in [2.45, 2.75) is 38.7 Å². The average molecular weight is 186 g/mol. The molecule has 0 amide bonds. The minimum atomic E-state index is -1.21. The normalized spacial score (nSPS) is 26.8. The van der Waals surface area contributed by atoms with Gasteiger partial charge < -0.3 is 9.84 Å². The molecule has 1 N–H and O–H groups in total. The Morgan fingerprint density at radius 1 is 1.69 bits per heavy atom. The number of hydrogen-bond donors (Lipinski definition) is 1. The largest absolute Gasteiger partial charge is 0.478 e. The zero-order valence-corrected chi connectivity index (χ0v) is 7.87. The van der Waals surface area contributed by atoms with Crippen LogP contribution in [0.25, 0.3) is 0 Å². The molecule has 1 heterocycles. The van der Waals surface area contributed by atoms with Crippen LogP contribution in [0.15, 0.2) is 0 Å². The standard InChI is InChI=1S/C9H14O4/c1-6(2)3-4-9(8(11)12)5-7(10)13-9/h6H,3-5H2,1-2H3,(H,11,12)/t9-/m1/s1. The van der Waals surface area contributed by atoms with E-state index in [2.05, 4.69) is 0 Å². The van der Waals surface area contributed by atoms with Crippen LogP contribution in [0.3, 0.4) is 0 Å². The summed E-state index contributed by atoms with van der Waals surface area (Å²) >= 11 is 0. The summed E-state index contributed by atoms with van der Waals surface area (Å²) in [5, 5.41) is 8.84.